The molecule has 3 rings (SSSR count). The van der Waals surface area contributed by atoms with E-state index in [2.05, 4.69) is 10.6 Å². The first-order valence-electron chi connectivity index (χ1n) is 9.90. The van der Waals surface area contributed by atoms with E-state index in [1.54, 1.807) is 24.3 Å². The van der Waals surface area contributed by atoms with Crippen molar-refractivity contribution in [3.63, 3.8) is 0 Å². The molecule has 0 heterocycles. The van der Waals surface area contributed by atoms with Gasteiger partial charge in [-0.05, 0) is 53.9 Å². The summed E-state index contributed by atoms with van der Waals surface area (Å²) >= 11 is 0. The third kappa shape index (κ3) is 6.54. The average molecular weight is 416 g/mol. The lowest BCUT2D eigenvalue weighted by Gasteiger charge is -2.10. The fourth-order valence-corrected chi connectivity index (χ4v) is 3.07. The molecule has 3 aromatic rings. The number of amides is 2. The SMILES string of the molecule is CC(=O)Oc1cccc(C(=O)Nc2cccc(CNC(=O)Cc3ccccc3C)c2)c1. The second kappa shape index (κ2) is 10.2. The second-order valence-electron chi connectivity index (χ2n) is 7.16. The van der Waals surface area contributed by atoms with Crippen molar-refractivity contribution in [2.75, 3.05) is 5.32 Å². The van der Waals surface area contributed by atoms with Crippen LogP contribution in [0.5, 0.6) is 5.75 Å². The summed E-state index contributed by atoms with van der Waals surface area (Å²) in [5.41, 5.74) is 3.92. The fourth-order valence-electron chi connectivity index (χ4n) is 3.07. The number of carbonyl (C=O) groups excluding carboxylic acids is 3. The molecule has 0 saturated carbocycles. The highest BCUT2D eigenvalue weighted by atomic mass is 16.5. The van der Waals surface area contributed by atoms with E-state index >= 15 is 0 Å². The number of aryl methyl sites for hydroxylation is 1. The van der Waals surface area contributed by atoms with Crippen LogP contribution in [-0.2, 0) is 22.6 Å². The van der Waals surface area contributed by atoms with Crippen molar-refractivity contribution in [3.05, 3.63) is 95.1 Å². The molecule has 0 aliphatic heterocycles. The second-order valence-corrected chi connectivity index (χ2v) is 7.16. The molecular weight excluding hydrogens is 392 g/mol. The van der Waals surface area contributed by atoms with Crippen molar-refractivity contribution in [1.82, 2.24) is 5.32 Å². The predicted octanol–water partition coefficient (Wildman–Crippen LogP) is 4.03. The lowest BCUT2D eigenvalue weighted by Crippen LogP contribution is -2.24. The van der Waals surface area contributed by atoms with Crippen LogP contribution in [0.1, 0.15) is 34.0 Å². The van der Waals surface area contributed by atoms with Gasteiger partial charge in [-0.2, -0.15) is 0 Å². The van der Waals surface area contributed by atoms with E-state index in [0.717, 1.165) is 16.7 Å². The average Bonchev–Trinajstić information content (AvgIpc) is 2.74. The van der Waals surface area contributed by atoms with Gasteiger partial charge >= 0.3 is 5.97 Å². The van der Waals surface area contributed by atoms with E-state index in [0.29, 0.717) is 30.0 Å². The van der Waals surface area contributed by atoms with Crippen molar-refractivity contribution in [2.45, 2.75) is 26.8 Å². The zero-order chi connectivity index (χ0) is 22.2. The monoisotopic (exact) mass is 416 g/mol. The van der Waals surface area contributed by atoms with Gasteiger partial charge in [-0.15, -0.1) is 0 Å². The molecule has 0 spiro atoms. The first kappa shape index (κ1) is 21.8. The number of anilines is 1. The summed E-state index contributed by atoms with van der Waals surface area (Å²) in [6, 6.07) is 21.5. The molecule has 0 unspecified atom stereocenters. The highest BCUT2D eigenvalue weighted by molar-refractivity contribution is 6.04. The summed E-state index contributed by atoms with van der Waals surface area (Å²) in [6.07, 6.45) is 0.321. The van der Waals surface area contributed by atoms with Gasteiger partial charge in [0.2, 0.25) is 5.91 Å². The summed E-state index contributed by atoms with van der Waals surface area (Å²) in [7, 11) is 0. The van der Waals surface area contributed by atoms with Crippen molar-refractivity contribution >= 4 is 23.5 Å². The van der Waals surface area contributed by atoms with E-state index < -0.39 is 5.97 Å². The first-order valence-corrected chi connectivity index (χ1v) is 9.90. The highest BCUT2D eigenvalue weighted by Crippen LogP contribution is 2.17. The number of ether oxygens (including phenoxy) is 1. The van der Waals surface area contributed by atoms with Crippen LogP contribution in [0.3, 0.4) is 0 Å². The molecule has 0 fully saturated rings. The normalized spacial score (nSPS) is 10.3. The van der Waals surface area contributed by atoms with Crippen LogP contribution < -0.4 is 15.4 Å². The Hall–Kier alpha value is -3.93. The Bertz CT molecular complexity index is 1110. The quantitative estimate of drug-likeness (QED) is 0.450. The molecule has 2 amide bonds. The van der Waals surface area contributed by atoms with Gasteiger partial charge in [-0.1, -0.05) is 42.5 Å². The Labute approximate surface area is 181 Å². The molecule has 3 aromatic carbocycles. The molecule has 0 radical (unpaired) electrons. The summed E-state index contributed by atoms with van der Waals surface area (Å²) in [6.45, 7) is 3.64. The Morgan fingerprint density at radius 2 is 1.68 bits per heavy atom. The number of benzene rings is 3. The molecular formula is C25H24N2O4. The van der Waals surface area contributed by atoms with Gasteiger partial charge in [0.15, 0.2) is 0 Å². The van der Waals surface area contributed by atoms with Crippen molar-refractivity contribution < 1.29 is 19.1 Å². The maximum atomic E-state index is 12.5. The molecule has 0 aliphatic carbocycles. The molecule has 0 saturated heterocycles. The molecule has 0 bridgehead atoms. The van der Waals surface area contributed by atoms with Gasteiger partial charge in [-0.25, -0.2) is 0 Å². The number of nitrogens with one attached hydrogen (secondary N) is 2. The summed E-state index contributed by atoms with van der Waals surface area (Å²) < 4.78 is 5.02. The lowest BCUT2D eigenvalue weighted by atomic mass is 10.1. The van der Waals surface area contributed by atoms with Crippen LogP contribution in [-0.4, -0.2) is 17.8 Å². The number of hydrogen-bond donors (Lipinski definition) is 2. The summed E-state index contributed by atoms with van der Waals surface area (Å²) in [5.74, 6) is -0.527. The van der Waals surface area contributed by atoms with Gasteiger partial charge in [-0.3, -0.25) is 14.4 Å². The summed E-state index contributed by atoms with van der Waals surface area (Å²) in [4.78, 5) is 35.9. The van der Waals surface area contributed by atoms with Gasteiger partial charge < -0.3 is 15.4 Å². The largest absolute Gasteiger partial charge is 0.427 e. The van der Waals surface area contributed by atoms with E-state index in [-0.39, 0.29) is 11.8 Å². The van der Waals surface area contributed by atoms with Crippen molar-refractivity contribution in [3.8, 4) is 5.75 Å². The van der Waals surface area contributed by atoms with Gasteiger partial charge in [0.25, 0.3) is 5.91 Å². The smallest absolute Gasteiger partial charge is 0.308 e. The molecule has 0 aromatic heterocycles. The maximum Gasteiger partial charge on any atom is 0.308 e. The van der Waals surface area contributed by atoms with Crippen LogP contribution in [0.15, 0.2) is 72.8 Å². The van der Waals surface area contributed by atoms with Crippen LogP contribution in [0.2, 0.25) is 0 Å². The Kier molecular flexibility index (Phi) is 7.17. The van der Waals surface area contributed by atoms with E-state index in [1.807, 2.05) is 49.4 Å². The van der Waals surface area contributed by atoms with Gasteiger partial charge in [0.1, 0.15) is 5.75 Å². The first-order chi connectivity index (χ1) is 14.9. The predicted molar refractivity (Wildman–Crippen MR) is 119 cm³/mol. The lowest BCUT2D eigenvalue weighted by molar-refractivity contribution is -0.131. The van der Waals surface area contributed by atoms with Crippen molar-refractivity contribution in [1.29, 1.82) is 0 Å². The van der Waals surface area contributed by atoms with Gasteiger partial charge in [0.05, 0.1) is 6.42 Å². The zero-order valence-corrected chi connectivity index (χ0v) is 17.5. The Morgan fingerprint density at radius 1 is 0.903 bits per heavy atom. The van der Waals surface area contributed by atoms with Crippen LogP contribution in [0.4, 0.5) is 5.69 Å². The number of carbonyl (C=O) groups is 3. The summed E-state index contributed by atoms with van der Waals surface area (Å²) in [5, 5.41) is 5.73. The highest BCUT2D eigenvalue weighted by Gasteiger charge is 2.10. The molecule has 6 nitrogen and oxygen atoms in total. The Morgan fingerprint density at radius 3 is 2.45 bits per heavy atom. The minimum Gasteiger partial charge on any atom is -0.427 e. The zero-order valence-electron chi connectivity index (χ0n) is 17.5. The number of rotatable bonds is 7. The fraction of sp³-hybridized carbons (Fsp3) is 0.160. The van der Waals surface area contributed by atoms with Crippen LogP contribution in [0.25, 0.3) is 0 Å². The minimum absolute atomic E-state index is 0.0639. The van der Waals surface area contributed by atoms with E-state index in [1.165, 1.54) is 13.0 Å². The van der Waals surface area contributed by atoms with Crippen LogP contribution >= 0.6 is 0 Å². The molecule has 2 N–H and O–H groups in total. The standard InChI is InChI=1S/C25H24N2O4/c1-17-7-3-4-9-20(17)15-24(29)26-16-19-8-5-11-22(13-19)27-25(30)21-10-6-12-23(14-21)31-18(2)28/h3-14H,15-16H2,1-2H3,(H,26,29)(H,27,30). The van der Waals surface area contributed by atoms with Gasteiger partial charge in [0, 0.05) is 24.7 Å². The van der Waals surface area contributed by atoms with Crippen molar-refractivity contribution in [2.24, 2.45) is 0 Å². The maximum absolute atomic E-state index is 12.5. The molecule has 0 aliphatic rings. The topological polar surface area (TPSA) is 84.5 Å². The van der Waals surface area contributed by atoms with E-state index in [4.69, 9.17) is 4.74 Å². The third-order valence-electron chi connectivity index (χ3n) is 4.64. The molecule has 31 heavy (non-hydrogen) atoms. The van der Waals surface area contributed by atoms with Crippen LogP contribution in [0, 0.1) is 6.92 Å². The third-order valence-corrected chi connectivity index (χ3v) is 4.64. The minimum atomic E-state index is -0.449. The van der Waals surface area contributed by atoms with E-state index in [9.17, 15) is 14.4 Å². The molecule has 158 valence electrons. The number of hydrogen-bond acceptors (Lipinski definition) is 4. The molecule has 0 atom stereocenters. The molecule has 6 heteroatoms. The number of esters is 1. The Balaban J connectivity index is 1.59.